The zero-order chi connectivity index (χ0) is 17.9. The molecule has 2 atom stereocenters. The number of nitrogens with one attached hydrogen (secondary N) is 1. The number of hydrogen-bond acceptors (Lipinski definition) is 4. The van der Waals surface area contributed by atoms with Crippen LogP contribution in [0.2, 0.25) is 0 Å². The maximum Gasteiger partial charge on any atom is 0.126 e. The third-order valence-corrected chi connectivity index (χ3v) is 5.02. The van der Waals surface area contributed by atoms with Crippen LogP contribution in [0.1, 0.15) is 35.4 Å². The molecule has 2 N–H and O–H groups in total. The second kappa shape index (κ2) is 7.40. The third kappa shape index (κ3) is 3.54. The van der Waals surface area contributed by atoms with Crippen molar-refractivity contribution >= 4 is 21.6 Å². The highest BCUT2D eigenvalue weighted by Gasteiger charge is 2.27. The van der Waals surface area contributed by atoms with Crippen molar-refractivity contribution in [1.29, 1.82) is 0 Å². The summed E-state index contributed by atoms with van der Waals surface area (Å²) >= 11 is 3.48. The van der Waals surface area contributed by atoms with Crippen LogP contribution in [0.3, 0.4) is 0 Å². The monoisotopic (exact) mass is 407 g/mol. The molecule has 130 valence electrons. The molecule has 1 aromatic heterocycles. The number of nitrogens with zero attached hydrogens (tertiary/aromatic N) is 2. The average molecular weight is 408 g/mol. The van der Waals surface area contributed by atoms with Crippen molar-refractivity contribution in [2.24, 2.45) is 4.99 Å². The van der Waals surface area contributed by atoms with Gasteiger partial charge in [0.1, 0.15) is 11.9 Å². The molecule has 0 spiro atoms. The number of benzene rings is 2. The summed E-state index contributed by atoms with van der Waals surface area (Å²) in [6, 6.07) is 21.4. The molecule has 0 radical (unpaired) electrons. The summed E-state index contributed by atoms with van der Waals surface area (Å²) in [5.41, 5.74) is 3.70. The van der Waals surface area contributed by atoms with Gasteiger partial charge < -0.3 is 5.11 Å². The van der Waals surface area contributed by atoms with Gasteiger partial charge in [-0.25, -0.2) is 0 Å². The van der Waals surface area contributed by atoms with Gasteiger partial charge in [-0.2, -0.15) is 0 Å². The van der Waals surface area contributed by atoms with E-state index in [2.05, 4.69) is 38.4 Å². The molecule has 1 aliphatic heterocycles. The molecule has 0 bridgehead atoms. The van der Waals surface area contributed by atoms with Crippen LogP contribution < -0.4 is 5.32 Å². The standard InChI is InChI=1S/C21H18BrN3O/c22-15-10-8-14(9-11-15)21-24-18(16-5-1-2-7-20(16)26)13-19(25-21)17-6-3-4-12-23-17/h1-12,19,21,25-26H,13H2/t19-,21-/m0/s1. The van der Waals surface area contributed by atoms with Crippen molar-refractivity contribution in [3.8, 4) is 5.75 Å². The first-order chi connectivity index (χ1) is 12.7. The molecule has 4 nitrogen and oxygen atoms in total. The molecule has 1 aliphatic rings. The van der Waals surface area contributed by atoms with Crippen molar-refractivity contribution in [1.82, 2.24) is 10.3 Å². The molecule has 0 saturated heterocycles. The Labute approximate surface area is 160 Å². The van der Waals surface area contributed by atoms with Crippen LogP contribution in [0, 0.1) is 0 Å². The molecule has 4 rings (SSSR count). The van der Waals surface area contributed by atoms with Gasteiger partial charge in [-0.3, -0.25) is 15.3 Å². The fraction of sp³-hybridized carbons (Fsp3) is 0.143. The number of aromatic nitrogens is 1. The Morgan fingerprint density at radius 2 is 1.73 bits per heavy atom. The first-order valence-electron chi connectivity index (χ1n) is 8.48. The number of pyridine rings is 1. The fourth-order valence-corrected chi connectivity index (χ4v) is 3.44. The van der Waals surface area contributed by atoms with E-state index >= 15 is 0 Å². The molecule has 0 fully saturated rings. The first kappa shape index (κ1) is 16.9. The topological polar surface area (TPSA) is 57.5 Å². The molecule has 2 aromatic carbocycles. The van der Waals surface area contributed by atoms with Crippen molar-refractivity contribution < 1.29 is 5.11 Å². The summed E-state index contributed by atoms with van der Waals surface area (Å²) in [5.74, 6) is 0.252. The Kier molecular flexibility index (Phi) is 4.82. The molecule has 26 heavy (non-hydrogen) atoms. The Morgan fingerprint density at radius 1 is 0.962 bits per heavy atom. The van der Waals surface area contributed by atoms with E-state index in [1.54, 1.807) is 12.3 Å². The van der Waals surface area contributed by atoms with E-state index in [1.807, 2.05) is 48.5 Å². The normalized spacial score (nSPS) is 19.8. The lowest BCUT2D eigenvalue weighted by Crippen LogP contribution is -2.33. The second-order valence-corrected chi connectivity index (χ2v) is 7.14. The first-order valence-corrected chi connectivity index (χ1v) is 9.27. The highest BCUT2D eigenvalue weighted by molar-refractivity contribution is 9.10. The SMILES string of the molecule is Oc1ccccc1C1=N[C@H](c2ccc(Br)cc2)N[C@H](c2ccccn2)C1. The lowest BCUT2D eigenvalue weighted by Gasteiger charge is -2.30. The lowest BCUT2D eigenvalue weighted by molar-refractivity contribution is 0.432. The van der Waals surface area contributed by atoms with Gasteiger partial charge in [0.2, 0.25) is 0 Å². The number of aliphatic imine (C=N–C) groups is 1. The molecule has 2 heterocycles. The van der Waals surface area contributed by atoms with E-state index < -0.39 is 0 Å². The summed E-state index contributed by atoms with van der Waals surface area (Å²) < 4.78 is 1.03. The molecule has 0 amide bonds. The number of hydrogen-bond donors (Lipinski definition) is 2. The molecule has 0 aliphatic carbocycles. The highest BCUT2D eigenvalue weighted by atomic mass is 79.9. The maximum absolute atomic E-state index is 10.3. The minimum Gasteiger partial charge on any atom is -0.507 e. The fourth-order valence-electron chi connectivity index (χ4n) is 3.17. The van der Waals surface area contributed by atoms with Crippen LogP contribution in [0.15, 0.2) is 82.4 Å². The molecule has 5 heteroatoms. The zero-order valence-corrected chi connectivity index (χ0v) is 15.6. The van der Waals surface area contributed by atoms with E-state index in [0.717, 1.165) is 27.0 Å². The predicted molar refractivity (Wildman–Crippen MR) is 106 cm³/mol. The number of phenols is 1. The number of para-hydroxylation sites is 1. The Balaban J connectivity index is 1.75. The largest absolute Gasteiger partial charge is 0.507 e. The van der Waals surface area contributed by atoms with Gasteiger partial charge in [0.15, 0.2) is 0 Å². The van der Waals surface area contributed by atoms with Crippen molar-refractivity contribution in [3.05, 3.63) is 94.2 Å². The molecular weight excluding hydrogens is 390 g/mol. The summed E-state index contributed by atoms with van der Waals surface area (Å²) in [6.07, 6.45) is 2.28. The van der Waals surface area contributed by atoms with E-state index in [9.17, 15) is 5.11 Å². The van der Waals surface area contributed by atoms with E-state index in [0.29, 0.717) is 6.42 Å². The number of halogens is 1. The number of aromatic hydroxyl groups is 1. The Morgan fingerprint density at radius 3 is 2.46 bits per heavy atom. The van der Waals surface area contributed by atoms with E-state index in [-0.39, 0.29) is 18.0 Å². The smallest absolute Gasteiger partial charge is 0.126 e. The average Bonchev–Trinajstić information content (AvgIpc) is 2.69. The predicted octanol–water partition coefficient (Wildman–Crippen LogP) is 4.77. The number of rotatable bonds is 3. The molecule has 0 unspecified atom stereocenters. The minimum absolute atomic E-state index is 0.0250. The maximum atomic E-state index is 10.3. The Hall–Kier alpha value is -2.50. The van der Waals surface area contributed by atoms with Crippen molar-refractivity contribution in [2.75, 3.05) is 0 Å². The van der Waals surface area contributed by atoms with Crippen molar-refractivity contribution in [2.45, 2.75) is 18.6 Å². The highest BCUT2D eigenvalue weighted by Crippen LogP contribution is 2.32. The Bertz CT molecular complexity index is 926. The van der Waals surface area contributed by atoms with Gasteiger partial charge in [-0.05, 0) is 42.0 Å². The van der Waals surface area contributed by atoms with Crippen LogP contribution in [0.4, 0.5) is 0 Å². The summed E-state index contributed by atoms with van der Waals surface area (Å²) in [6.45, 7) is 0. The van der Waals surface area contributed by atoms with Crippen LogP contribution in [-0.4, -0.2) is 15.8 Å². The van der Waals surface area contributed by atoms with Gasteiger partial charge in [0.05, 0.1) is 17.4 Å². The summed E-state index contributed by atoms with van der Waals surface area (Å²) in [4.78, 5) is 9.40. The molecule has 3 aromatic rings. The third-order valence-electron chi connectivity index (χ3n) is 4.49. The van der Waals surface area contributed by atoms with Gasteiger partial charge in [-0.1, -0.05) is 46.3 Å². The van der Waals surface area contributed by atoms with Gasteiger partial charge in [0.25, 0.3) is 0 Å². The van der Waals surface area contributed by atoms with Crippen molar-refractivity contribution in [3.63, 3.8) is 0 Å². The van der Waals surface area contributed by atoms with Crippen LogP contribution >= 0.6 is 15.9 Å². The quantitative estimate of drug-likeness (QED) is 0.656. The van der Waals surface area contributed by atoms with E-state index in [4.69, 9.17) is 4.99 Å². The van der Waals surface area contributed by atoms with Gasteiger partial charge in [0, 0.05) is 22.7 Å². The molecular formula is C21H18BrN3O. The zero-order valence-electron chi connectivity index (χ0n) is 14.0. The summed E-state index contributed by atoms with van der Waals surface area (Å²) in [5, 5.41) is 13.9. The summed E-state index contributed by atoms with van der Waals surface area (Å²) in [7, 11) is 0. The number of phenolic OH excluding ortho intramolecular Hbond substituents is 1. The lowest BCUT2D eigenvalue weighted by atomic mass is 9.96. The second-order valence-electron chi connectivity index (χ2n) is 6.23. The van der Waals surface area contributed by atoms with Gasteiger partial charge in [-0.15, -0.1) is 0 Å². The van der Waals surface area contributed by atoms with Crippen LogP contribution in [0.25, 0.3) is 0 Å². The molecule has 0 saturated carbocycles. The van der Waals surface area contributed by atoms with Crippen LogP contribution in [0.5, 0.6) is 5.75 Å². The minimum atomic E-state index is -0.196. The van der Waals surface area contributed by atoms with E-state index in [1.165, 1.54) is 0 Å². The van der Waals surface area contributed by atoms with Crippen LogP contribution in [-0.2, 0) is 0 Å². The van der Waals surface area contributed by atoms with Gasteiger partial charge >= 0.3 is 0 Å².